The first-order valence-electron chi connectivity index (χ1n) is 11.1. The summed E-state index contributed by atoms with van der Waals surface area (Å²) in [7, 11) is 0. The van der Waals surface area contributed by atoms with Crippen LogP contribution in [0.5, 0.6) is 5.75 Å². The molecule has 31 heavy (non-hydrogen) atoms. The Kier molecular flexibility index (Phi) is 8.73. The van der Waals surface area contributed by atoms with Gasteiger partial charge in [-0.1, -0.05) is 87.3 Å². The van der Waals surface area contributed by atoms with Crippen molar-refractivity contribution in [3.63, 3.8) is 0 Å². The molecule has 1 heterocycles. The lowest BCUT2D eigenvalue weighted by molar-refractivity contribution is -0.113. The number of unbranched alkanes of at least 4 members (excludes halogenated alkanes) is 5. The summed E-state index contributed by atoms with van der Waals surface area (Å²) in [5, 5.41) is 0. The minimum absolute atomic E-state index is 0.0629. The number of rotatable bonds is 10. The standard InChI is InChI=1S/C26H31NO2S2/c1-4-5-6-7-8-9-17-29-22-15-13-21(14-16-22)18-24-25(28)27(26(30)31-24)23-12-10-11-19(2)20(23)3/h10-16,18H,4-9,17H2,1-3H3/b24-18-. The topological polar surface area (TPSA) is 29.5 Å². The van der Waals surface area contributed by atoms with Gasteiger partial charge >= 0.3 is 0 Å². The van der Waals surface area contributed by atoms with Gasteiger partial charge in [-0.2, -0.15) is 0 Å². The van der Waals surface area contributed by atoms with Crippen LogP contribution in [0, 0.1) is 13.8 Å². The monoisotopic (exact) mass is 453 g/mol. The van der Waals surface area contributed by atoms with Gasteiger partial charge in [-0.15, -0.1) is 0 Å². The van der Waals surface area contributed by atoms with E-state index in [1.807, 2.05) is 62.4 Å². The number of benzene rings is 2. The van der Waals surface area contributed by atoms with Crippen LogP contribution in [0.4, 0.5) is 5.69 Å². The van der Waals surface area contributed by atoms with E-state index < -0.39 is 0 Å². The number of thioether (sulfide) groups is 1. The molecule has 0 saturated carbocycles. The Hall–Kier alpha value is -2.11. The number of carbonyl (C=O) groups excluding carboxylic acids is 1. The van der Waals surface area contributed by atoms with Gasteiger partial charge < -0.3 is 4.74 Å². The quantitative estimate of drug-likeness (QED) is 0.212. The van der Waals surface area contributed by atoms with Crippen LogP contribution in [-0.2, 0) is 4.79 Å². The van der Waals surface area contributed by atoms with Crippen LogP contribution in [0.2, 0.25) is 0 Å². The maximum Gasteiger partial charge on any atom is 0.270 e. The molecular formula is C26H31NO2S2. The fourth-order valence-corrected chi connectivity index (χ4v) is 4.82. The number of thiocarbonyl (C=S) groups is 1. The molecule has 0 N–H and O–H groups in total. The number of aryl methyl sites for hydroxylation is 1. The van der Waals surface area contributed by atoms with Crippen LogP contribution >= 0.6 is 24.0 Å². The first kappa shape index (κ1) is 23.6. The molecule has 0 bridgehead atoms. The molecule has 0 aliphatic carbocycles. The Labute approximate surface area is 195 Å². The molecule has 0 atom stereocenters. The average Bonchev–Trinajstić information content (AvgIpc) is 3.03. The predicted octanol–water partition coefficient (Wildman–Crippen LogP) is 7.45. The van der Waals surface area contributed by atoms with Gasteiger partial charge in [0.2, 0.25) is 0 Å². The van der Waals surface area contributed by atoms with Crippen molar-refractivity contribution >= 4 is 46.0 Å². The minimum atomic E-state index is -0.0629. The van der Waals surface area contributed by atoms with Crippen molar-refractivity contribution in [1.29, 1.82) is 0 Å². The van der Waals surface area contributed by atoms with Crippen LogP contribution in [0.25, 0.3) is 6.08 Å². The highest BCUT2D eigenvalue weighted by Gasteiger charge is 2.34. The zero-order valence-corrected chi connectivity index (χ0v) is 20.3. The lowest BCUT2D eigenvalue weighted by Crippen LogP contribution is -2.28. The van der Waals surface area contributed by atoms with Crippen molar-refractivity contribution in [3.8, 4) is 5.75 Å². The number of amides is 1. The Bertz CT molecular complexity index is 950. The van der Waals surface area contributed by atoms with Gasteiger partial charge in [0, 0.05) is 0 Å². The summed E-state index contributed by atoms with van der Waals surface area (Å²) in [6.07, 6.45) is 9.43. The highest BCUT2D eigenvalue weighted by molar-refractivity contribution is 8.27. The van der Waals surface area contributed by atoms with Crippen LogP contribution < -0.4 is 9.64 Å². The molecule has 1 amide bonds. The van der Waals surface area contributed by atoms with Crippen LogP contribution in [0.1, 0.15) is 62.1 Å². The summed E-state index contributed by atoms with van der Waals surface area (Å²) in [6, 6.07) is 13.9. The minimum Gasteiger partial charge on any atom is -0.494 e. The largest absolute Gasteiger partial charge is 0.494 e. The van der Waals surface area contributed by atoms with E-state index in [1.165, 1.54) is 43.9 Å². The van der Waals surface area contributed by atoms with Crippen molar-refractivity contribution in [3.05, 3.63) is 64.1 Å². The summed E-state index contributed by atoms with van der Waals surface area (Å²) in [5.74, 6) is 0.806. The van der Waals surface area contributed by atoms with Gasteiger partial charge in [-0.3, -0.25) is 9.69 Å². The van der Waals surface area contributed by atoms with E-state index in [2.05, 4.69) is 6.92 Å². The summed E-state index contributed by atoms with van der Waals surface area (Å²) in [6.45, 7) is 7.05. The molecule has 1 fully saturated rings. The maximum absolute atomic E-state index is 13.0. The Morgan fingerprint density at radius 1 is 1.00 bits per heavy atom. The van der Waals surface area contributed by atoms with Crippen molar-refractivity contribution in [1.82, 2.24) is 0 Å². The van der Waals surface area contributed by atoms with Crippen molar-refractivity contribution in [2.24, 2.45) is 0 Å². The number of carbonyl (C=O) groups is 1. The second kappa shape index (κ2) is 11.5. The van der Waals surface area contributed by atoms with Crippen LogP contribution in [0.3, 0.4) is 0 Å². The first-order chi connectivity index (χ1) is 15.0. The zero-order chi connectivity index (χ0) is 22.2. The highest BCUT2D eigenvalue weighted by Crippen LogP contribution is 2.37. The molecule has 3 rings (SSSR count). The summed E-state index contributed by atoms with van der Waals surface area (Å²) in [4.78, 5) is 15.3. The maximum atomic E-state index is 13.0. The Morgan fingerprint density at radius 3 is 2.45 bits per heavy atom. The number of anilines is 1. The summed E-state index contributed by atoms with van der Waals surface area (Å²) < 4.78 is 6.43. The summed E-state index contributed by atoms with van der Waals surface area (Å²) in [5.41, 5.74) is 4.05. The van der Waals surface area contributed by atoms with Gasteiger partial charge in [-0.25, -0.2) is 0 Å². The van der Waals surface area contributed by atoms with Gasteiger partial charge in [0.05, 0.1) is 17.2 Å². The van der Waals surface area contributed by atoms with Gasteiger partial charge in [-0.05, 0) is 61.2 Å². The van der Waals surface area contributed by atoms with Gasteiger partial charge in [0.15, 0.2) is 4.32 Å². The lowest BCUT2D eigenvalue weighted by atomic mass is 10.1. The average molecular weight is 454 g/mol. The van der Waals surface area contributed by atoms with E-state index in [9.17, 15) is 4.79 Å². The van der Waals surface area contributed by atoms with Crippen LogP contribution in [-0.4, -0.2) is 16.8 Å². The second-order valence-electron chi connectivity index (χ2n) is 7.92. The SMILES string of the molecule is CCCCCCCCOc1ccc(/C=C2\SC(=S)N(c3cccc(C)c3C)C2=O)cc1. The lowest BCUT2D eigenvalue weighted by Gasteiger charge is -2.18. The van der Waals surface area contributed by atoms with E-state index in [4.69, 9.17) is 17.0 Å². The molecule has 1 aliphatic rings. The molecule has 164 valence electrons. The van der Waals surface area contributed by atoms with E-state index in [-0.39, 0.29) is 5.91 Å². The van der Waals surface area contributed by atoms with Crippen molar-refractivity contribution in [2.45, 2.75) is 59.3 Å². The number of hydrogen-bond donors (Lipinski definition) is 0. The van der Waals surface area contributed by atoms with E-state index in [0.29, 0.717) is 9.23 Å². The Morgan fingerprint density at radius 2 is 1.71 bits per heavy atom. The van der Waals surface area contributed by atoms with Crippen molar-refractivity contribution < 1.29 is 9.53 Å². The predicted molar refractivity (Wildman–Crippen MR) is 137 cm³/mol. The van der Waals surface area contributed by atoms with Gasteiger partial charge in [0.25, 0.3) is 5.91 Å². The van der Waals surface area contributed by atoms with E-state index in [1.54, 1.807) is 4.90 Å². The molecule has 0 radical (unpaired) electrons. The molecule has 1 aliphatic heterocycles. The molecule has 0 aromatic heterocycles. The molecule has 5 heteroatoms. The third-order valence-electron chi connectivity index (χ3n) is 5.56. The Balaban J connectivity index is 1.59. The molecule has 3 nitrogen and oxygen atoms in total. The summed E-state index contributed by atoms with van der Waals surface area (Å²) >= 11 is 6.87. The number of ether oxygens (including phenoxy) is 1. The molecule has 2 aromatic rings. The van der Waals surface area contributed by atoms with E-state index in [0.717, 1.165) is 41.2 Å². The third kappa shape index (κ3) is 6.20. The first-order valence-corrected chi connectivity index (χ1v) is 12.3. The fourth-order valence-electron chi connectivity index (χ4n) is 3.54. The van der Waals surface area contributed by atoms with Gasteiger partial charge in [0.1, 0.15) is 5.75 Å². The highest BCUT2D eigenvalue weighted by atomic mass is 32.2. The van der Waals surface area contributed by atoms with E-state index >= 15 is 0 Å². The van der Waals surface area contributed by atoms with Crippen molar-refractivity contribution in [2.75, 3.05) is 11.5 Å². The molecule has 2 aromatic carbocycles. The molecular weight excluding hydrogens is 422 g/mol. The third-order valence-corrected chi connectivity index (χ3v) is 6.86. The second-order valence-corrected chi connectivity index (χ2v) is 9.60. The number of nitrogens with zero attached hydrogens (tertiary/aromatic N) is 1. The number of hydrogen-bond acceptors (Lipinski definition) is 4. The zero-order valence-electron chi connectivity index (χ0n) is 18.6. The fraction of sp³-hybridized carbons (Fsp3) is 0.385. The molecule has 0 spiro atoms. The van der Waals surface area contributed by atoms with Crippen LogP contribution in [0.15, 0.2) is 47.4 Å². The molecule has 0 unspecified atom stereocenters. The smallest absolute Gasteiger partial charge is 0.270 e. The normalized spacial score (nSPS) is 15.2. The molecule has 1 saturated heterocycles.